The maximum absolute atomic E-state index is 11.6. The van der Waals surface area contributed by atoms with Crippen LogP contribution in [0.3, 0.4) is 0 Å². The molecule has 124 valence electrons. The summed E-state index contributed by atoms with van der Waals surface area (Å²) in [4.78, 5) is 14.9. The maximum atomic E-state index is 11.6. The number of fused-ring (bicyclic) bond motifs is 2. The van der Waals surface area contributed by atoms with Crippen LogP contribution in [0, 0.1) is 11.3 Å². The molecular weight excluding hydrogens is 316 g/mol. The Labute approximate surface area is 143 Å². The van der Waals surface area contributed by atoms with Crippen LogP contribution in [0.2, 0.25) is 0 Å². The summed E-state index contributed by atoms with van der Waals surface area (Å²) in [5, 5.41) is 9.91. The molecule has 2 heterocycles. The lowest BCUT2D eigenvalue weighted by molar-refractivity contribution is 0.528. The Hall–Kier alpha value is -3.30. The molecule has 0 aliphatic carbocycles. The predicted molar refractivity (Wildman–Crippen MR) is 96.0 cm³/mol. The topological polar surface area (TPSA) is 101 Å². The quantitative estimate of drug-likeness (QED) is 0.602. The van der Waals surface area contributed by atoms with Crippen LogP contribution in [0.4, 0.5) is 0 Å². The summed E-state index contributed by atoms with van der Waals surface area (Å²) in [5.74, 6) is -0.369. The lowest BCUT2D eigenvalue weighted by Gasteiger charge is -2.02. The highest BCUT2D eigenvalue weighted by Gasteiger charge is 2.10. The lowest BCUT2D eigenvalue weighted by atomic mass is 10.0. The Morgan fingerprint density at radius 3 is 2.80 bits per heavy atom. The predicted octanol–water partition coefficient (Wildman–Crippen LogP) is 2.67. The van der Waals surface area contributed by atoms with Crippen LogP contribution in [-0.2, 0) is 13.5 Å². The minimum atomic E-state index is -0.516. The molecule has 6 nitrogen and oxygen atoms in total. The monoisotopic (exact) mass is 332 g/mol. The molecule has 0 aliphatic rings. The van der Waals surface area contributed by atoms with Crippen molar-refractivity contribution >= 4 is 22.0 Å². The molecule has 2 aromatic heterocycles. The van der Waals surface area contributed by atoms with Gasteiger partial charge in [0.2, 0.25) is 0 Å². The van der Waals surface area contributed by atoms with Crippen molar-refractivity contribution in [3.63, 3.8) is 0 Å². The van der Waals surface area contributed by atoms with E-state index in [9.17, 15) is 4.79 Å². The second-order valence-electron chi connectivity index (χ2n) is 6.15. The number of H-pyrrole nitrogens is 1. The third-order valence-electron chi connectivity index (χ3n) is 4.41. The van der Waals surface area contributed by atoms with Gasteiger partial charge in [0.25, 0.3) is 0 Å². The van der Waals surface area contributed by atoms with Crippen molar-refractivity contribution in [1.82, 2.24) is 9.55 Å². The Kier molecular flexibility index (Phi) is 3.45. The lowest BCUT2D eigenvalue weighted by Crippen LogP contribution is -2.20. The van der Waals surface area contributed by atoms with Gasteiger partial charge in [-0.25, -0.2) is 4.79 Å². The number of nitriles is 1. The summed E-state index contributed by atoms with van der Waals surface area (Å²) in [6.07, 6.45) is 0.490. The standard InChI is InChI=1S/C19H16N4O2/c1-23-17-8-12(3-5-18(17)25-19(23)24)11-2-4-16-13(6-11)7-15(22-16)9-14(21)10-20/h2-8,14,22H,9,21H2,1H3. The summed E-state index contributed by atoms with van der Waals surface area (Å²) in [6.45, 7) is 0. The van der Waals surface area contributed by atoms with E-state index < -0.39 is 6.04 Å². The highest BCUT2D eigenvalue weighted by molar-refractivity contribution is 5.88. The number of nitrogens with one attached hydrogen (secondary N) is 1. The normalized spacial score (nSPS) is 12.5. The minimum absolute atomic E-state index is 0.369. The van der Waals surface area contributed by atoms with Crippen molar-refractivity contribution in [2.75, 3.05) is 0 Å². The van der Waals surface area contributed by atoms with Gasteiger partial charge in [0, 0.05) is 30.1 Å². The summed E-state index contributed by atoms with van der Waals surface area (Å²) in [6, 6.07) is 15.3. The first-order valence-electron chi connectivity index (χ1n) is 7.92. The number of hydrogen-bond donors (Lipinski definition) is 2. The Morgan fingerprint density at radius 2 is 2.00 bits per heavy atom. The zero-order chi connectivity index (χ0) is 17.6. The number of hydrogen-bond acceptors (Lipinski definition) is 4. The van der Waals surface area contributed by atoms with Gasteiger partial charge in [0.15, 0.2) is 5.58 Å². The number of aromatic amines is 1. The number of benzene rings is 2. The number of aryl methyl sites for hydroxylation is 1. The van der Waals surface area contributed by atoms with Gasteiger partial charge < -0.3 is 15.1 Å². The molecule has 0 aliphatic heterocycles. The van der Waals surface area contributed by atoms with Crippen molar-refractivity contribution in [3.8, 4) is 17.2 Å². The molecule has 2 aromatic carbocycles. The first-order chi connectivity index (χ1) is 12.0. The number of nitrogens with two attached hydrogens (primary N) is 1. The van der Waals surface area contributed by atoms with Crippen LogP contribution >= 0.6 is 0 Å². The van der Waals surface area contributed by atoms with E-state index in [-0.39, 0.29) is 5.76 Å². The Bertz CT molecular complexity index is 1190. The van der Waals surface area contributed by atoms with E-state index in [1.54, 1.807) is 7.05 Å². The van der Waals surface area contributed by atoms with Crippen LogP contribution in [-0.4, -0.2) is 15.6 Å². The van der Waals surface area contributed by atoms with Crippen LogP contribution in [0.25, 0.3) is 33.1 Å². The molecule has 3 N–H and O–H groups in total. The molecule has 0 bridgehead atoms. The minimum Gasteiger partial charge on any atom is -0.408 e. The fraction of sp³-hybridized carbons (Fsp3) is 0.158. The van der Waals surface area contributed by atoms with Gasteiger partial charge in [0.05, 0.1) is 17.6 Å². The Morgan fingerprint density at radius 1 is 1.24 bits per heavy atom. The number of oxazole rings is 1. The van der Waals surface area contributed by atoms with Gasteiger partial charge in [-0.2, -0.15) is 5.26 Å². The Balaban J connectivity index is 1.77. The van der Waals surface area contributed by atoms with Crippen LogP contribution in [0.5, 0.6) is 0 Å². The zero-order valence-corrected chi connectivity index (χ0v) is 13.6. The van der Waals surface area contributed by atoms with Gasteiger partial charge in [-0.3, -0.25) is 4.57 Å². The molecule has 1 unspecified atom stereocenters. The van der Waals surface area contributed by atoms with Crippen molar-refractivity contribution in [3.05, 3.63) is 58.7 Å². The molecule has 1 atom stereocenters. The molecule has 0 saturated heterocycles. The summed E-state index contributed by atoms with van der Waals surface area (Å²) >= 11 is 0. The smallest absolute Gasteiger partial charge is 0.408 e. The first-order valence-corrected chi connectivity index (χ1v) is 7.92. The van der Waals surface area contributed by atoms with Crippen molar-refractivity contribution in [2.45, 2.75) is 12.5 Å². The maximum Gasteiger partial charge on any atom is 0.419 e. The molecule has 6 heteroatoms. The van der Waals surface area contributed by atoms with Gasteiger partial charge in [0.1, 0.15) is 0 Å². The molecule has 0 fully saturated rings. The van der Waals surface area contributed by atoms with Crippen LogP contribution in [0.15, 0.2) is 51.7 Å². The van der Waals surface area contributed by atoms with Gasteiger partial charge >= 0.3 is 5.76 Å². The van der Waals surface area contributed by atoms with E-state index in [1.165, 1.54) is 4.57 Å². The SMILES string of the molecule is Cn1c(=O)oc2ccc(-c3ccc4[nH]c(CC(N)C#N)cc4c3)cc21. The number of aromatic nitrogens is 2. The van der Waals surface area contributed by atoms with Gasteiger partial charge in [-0.15, -0.1) is 0 Å². The summed E-state index contributed by atoms with van der Waals surface area (Å²) in [7, 11) is 1.69. The summed E-state index contributed by atoms with van der Waals surface area (Å²) in [5.41, 5.74) is 11.0. The average Bonchev–Trinajstić information content (AvgIpc) is 3.14. The highest BCUT2D eigenvalue weighted by atomic mass is 16.4. The van der Waals surface area contributed by atoms with E-state index in [4.69, 9.17) is 15.4 Å². The van der Waals surface area contributed by atoms with Crippen molar-refractivity contribution in [2.24, 2.45) is 12.8 Å². The van der Waals surface area contributed by atoms with Gasteiger partial charge in [-0.1, -0.05) is 12.1 Å². The van der Waals surface area contributed by atoms with E-state index in [0.717, 1.165) is 33.2 Å². The summed E-state index contributed by atoms with van der Waals surface area (Å²) < 4.78 is 6.67. The molecule has 0 amide bonds. The zero-order valence-electron chi connectivity index (χ0n) is 13.6. The molecule has 0 radical (unpaired) electrons. The molecule has 0 spiro atoms. The van der Waals surface area contributed by atoms with E-state index in [0.29, 0.717) is 12.0 Å². The molecule has 4 aromatic rings. The number of rotatable bonds is 3. The fourth-order valence-electron chi connectivity index (χ4n) is 3.07. The van der Waals surface area contributed by atoms with Crippen molar-refractivity contribution in [1.29, 1.82) is 5.26 Å². The largest absolute Gasteiger partial charge is 0.419 e. The van der Waals surface area contributed by atoms with Crippen LogP contribution < -0.4 is 11.5 Å². The fourth-order valence-corrected chi connectivity index (χ4v) is 3.07. The molecule has 4 rings (SSSR count). The second-order valence-corrected chi connectivity index (χ2v) is 6.15. The van der Waals surface area contributed by atoms with Gasteiger partial charge in [-0.05, 0) is 41.5 Å². The molecule has 0 saturated carbocycles. The first kappa shape index (κ1) is 15.2. The average molecular weight is 332 g/mol. The number of nitrogens with zero attached hydrogens (tertiary/aromatic N) is 2. The van der Waals surface area contributed by atoms with E-state index in [1.807, 2.05) is 42.5 Å². The third-order valence-corrected chi connectivity index (χ3v) is 4.41. The van der Waals surface area contributed by atoms with Crippen LogP contribution in [0.1, 0.15) is 5.69 Å². The highest BCUT2D eigenvalue weighted by Crippen LogP contribution is 2.27. The molecule has 25 heavy (non-hydrogen) atoms. The third kappa shape index (κ3) is 2.61. The van der Waals surface area contributed by atoms with E-state index >= 15 is 0 Å². The molecular formula is C19H16N4O2. The van der Waals surface area contributed by atoms with E-state index in [2.05, 4.69) is 11.1 Å². The second kappa shape index (κ2) is 5.65. The van der Waals surface area contributed by atoms with Crippen molar-refractivity contribution < 1.29 is 4.42 Å².